The minimum atomic E-state index is 0.289. The van der Waals surface area contributed by atoms with Crippen LogP contribution in [0.5, 0.6) is 0 Å². The van der Waals surface area contributed by atoms with Crippen LogP contribution >= 0.6 is 0 Å². The number of allylic oxidation sites excluding steroid dienone is 1. The van der Waals surface area contributed by atoms with Gasteiger partial charge in [0.2, 0.25) is 5.89 Å². The zero-order chi connectivity index (χ0) is 16.5. The normalized spacial score (nSPS) is 12.0. The number of aromatic nitrogens is 3. The molecule has 0 aliphatic heterocycles. The van der Waals surface area contributed by atoms with Gasteiger partial charge in [-0.25, -0.2) is 9.97 Å². The maximum absolute atomic E-state index is 11.4. The highest BCUT2D eigenvalue weighted by molar-refractivity contribution is 6.06. The number of hydrogen-bond donors (Lipinski definition) is 2. The van der Waals surface area contributed by atoms with Gasteiger partial charge >= 0.3 is 0 Å². The number of benzene rings is 2. The molecule has 0 aliphatic rings. The SMILES string of the molecule is Cc1nc2ccc(N/C=C(\C=O)c3nc4ccccc4o3)cc2[nH]1. The molecule has 0 saturated carbocycles. The van der Waals surface area contributed by atoms with E-state index in [0.29, 0.717) is 11.2 Å². The number of nitrogens with one attached hydrogen (secondary N) is 2. The van der Waals surface area contributed by atoms with Gasteiger partial charge in [-0.2, -0.15) is 0 Å². The van der Waals surface area contributed by atoms with Gasteiger partial charge in [0.05, 0.1) is 16.6 Å². The molecule has 0 spiro atoms. The number of aryl methyl sites for hydroxylation is 1. The summed E-state index contributed by atoms with van der Waals surface area (Å²) in [5, 5.41) is 3.10. The van der Waals surface area contributed by atoms with Gasteiger partial charge in [0.25, 0.3) is 0 Å². The number of para-hydroxylation sites is 2. The van der Waals surface area contributed by atoms with Gasteiger partial charge < -0.3 is 14.7 Å². The van der Waals surface area contributed by atoms with Crippen molar-refractivity contribution in [2.75, 3.05) is 5.32 Å². The standard InChI is InChI=1S/C18H14N4O2/c1-11-20-14-7-6-13(8-16(14)21-11)19-9-12(10-23)18-22-15-4-2-3-5-17(15)24-18/h2-10,19H,1H3,(H,20,21)/b12-9+. The van der Waals surface area contributed by atoms with Crippen LogP contribution in [0.1, 0.15) is 11.7 Å². The Kier molecular flexibility index (Phi) is 3.35. The molecule has 6 nitrogen and oxygen atoms in total. The van der Waals surface area contributed by atoms with Gasteiger partial charge in [-0.3, -0.25) is 4.79 Å². The van der Waals surface area contributed by atoms with E-state index in [1.165, 1.54) is 0 Å². The number of hydrogen-bond acceptors (Lipinski definition) is 5. The van der Waals surface area contributed by atoms with E-state index in [1.807, 2.05) is 49.4 Å². The summed E-state index contributed by atoms with van der Waals surface area (Å²) in [7, 11) is 0. The summed E-state index contributed by atoms with van der Waals surface area (Å²) in [5.74, 6) is 1.15. The number of H-pyrrole nitrogens is 1. The highest BCUT2D eigenvalue weighted by Crippen LogP contribution is 2.21. The molecule has 0 atom stereocenters. The molecule has 2 N–H and O–H groups in total. The molecule has 0 aliphatic carbocycles. The Bertz CT molecular complexity index is 1040. The lowest BCUT2D eigenvalue weighted by atomic mass is 10.2. The van der Waals surface area contributed by atoms with Crippen molar-refractivity contribution in [3.05, 3.63) is 60.4 Å². The predicted octanol–water partition coefficient (Wildman–Crippen LogP) is 3.66. The minimum Gasteiger partial charge on any atom is -0.436 e. The topological polar surface area (TPSA) is 83.8 Å². The van der Waals surface area contributed by atoms with E-state index in [1.54, 1.807) is 6.20 Å². The maximum atomic E-state index is 11.4. The second-order valence-electron chi connectivity index (χ2n) is 5.40. The Labute approximate surface area is 137 Å². The van der Waals surface area contributed by atoms with Crippen molar-refractivity contribution in [1.82, 2.24) is 15.0 Å². The van der Waals surface area contributed by atoms with Crippen molar-refractivity contribution in [2.24, 2.45) is 0 Å². The quantitative estimate of drug-likeness (QED) is 0.443. The third-order valence-corrected chi connectivity index (χ3v) is 3.66. The summed E-state index contributed by atoms with van der Waals surface area (Å²) >= 11 is 0. The smallest absolute Gasteiger partial charge is 0.232 e. The number of rotatable bonds is 4. The molecule has 2 aromatic heterocycles. The first-order valence-electron chi connectivity index (χ1n) is 7.47. The molecule has 0 bridgehead atoms. The van der Waals surface area contributed by atoms with Gasteiger partial charge in [-0.1, -0.05) is 12.1 Å². The number of aromatic amines is 1. The Hall–Kier alpha value is -3.41. The fraction of sp³-hybridized carbons (Fsp3) is 0.0556. The average Bonchev–Trinajstić information content (AvgIpc) is 3.17. The molecule has 0 amide bonds. The molecule has 0 radical (unpaired) electrons. The summed E-state index contributed by atoms with van der Waals surface area (Å²) in [6.45, 7) is 1.91. The highest BCUT2D eigenvalue weighted by atomic mass is 16.3. The van der Waals surface area contributed by atoms with Gasteiger partial charge in [-0.05, 0) is 37.3 Å². The van der Waals surface area contributed by atoms with Crippen molar-refractivity contribution in [3.63, 3.8) is 0 Å². The Morgan fingerprint density at radius 1 is 1.17 bits per heavy atom. The minimum absolute atomic E-state index is 0.289. The lowest BCUT2D eigenvalue weighted by Crippen LogP contribution is -1.93. The average molecular weight is 318 g/mol. The number of carbonyl (C=O) groups is 1. The third kappa shape index (κ3) is 2.54. The van der Waals surface area contributed by atoms with Crippen molar-refractivity contribution >= 4 is 39.7 Å². The second kappa shape index (κ2) is 5.66. The molecule has 4 rings (SSSR count). The first-order valence-corrected chi connectivity index (χ1v) is 7.47. The maximum Gasteiger partial charge on any atom is 0.232 e. The predicted molar refractivity (Wildman–Crippen MR) is 92.5 cm³/mol. The van der Waals surface area contributed by atoms with E-state index in [4.69, 9.17) is 4.42 Å². The van der Waals surface area contributed by atoms with E-state index in [2.05, 4.69) is 20.3 Å². The van der Waals surface area contributed by atoms with Crippen LogP contribution in [0.2, 0.25) is 0 Å². The van der Waals surface area contributed by atoms with E-state index >= 15 is 0 Å². The number of nitrogens with zero attached hydrogens (tertiary/aromatic N) is 2. The molecule has 118 valence electrons. The van der Waals surface area contributed by atoms with Crippen LogP contribution in [0.25, 0.3) is 27.7 Å². The lowest BCUT2D eigenvalue weighted by molar-refractivity contribution is -0.103. The third-order valence-electron chi connectivity index (χ3n) is 3.66. The zero-order valence-corrected chi connectivity index (χ0v) is 12.9. The number of oxazole rings is 1. The van der Waals surface area contributed by atoms with Crippen LogP contribution < -0.4 is 5.32 Å². The first kappa shape index (κ1) is 14.2. The molecule has 2 heterocycles. The van der Waals surface area contributed by atoms with Gasteiger partial charge in [0, 0.05) is 11.9 Å². The van der Waals surface area contributed by atoms with Gasteiger partial charge in [-0.15, -0.1) is 0 Å². The fourth-order valence-electron chi connectivity index (χ4n) is 2.53. The number of aldehydes is 1. The van der Waals surface area contributed by atoms with Crippen molar-refractivity contribution < 1.29 is 9.21 Å². The Morgan fingerprint density at radius 3 is 2.88 bits per heavy atom. The van der Waals surface area contributed by atoms with Crippen LogP contribution in [0.15, 0.2) is 53.1 Å². The molecule has 6 heteroatoms. The van der Waals surface area contributed by atoms with Crippen molar-refractivity contribution in [2.45, 2.75) is 6.92 Å². The van der Waals surface area contributed by atoms with Crippen molar-refractivity contribution in [3.8, 4) is 0 Å². The van der Waals surface area contributed by atoms with Crippen LogP contribution in [0, 0.1) is 6.92 Å². The number of anilines is 1. The molecule has 0 fully saturated rings. The monoisotopic (exact) mass is 318 g/mol. The fourth-order valence-corrected chi connectivity index (χ4v) is 2.53. The lowest BCUT2D eigenvalue weighted by Gasteiger charge is -2.01. The van der Waals surface area contributed by atoms with Crippen LogP contribution in [-0.4, -0.2) is 21.2 Å². The molecule has 24 heavy (non-hydrogen) atoms. The summed E-state index contributed by atoms with van der Waals surface area (Å²) in [6, 6.07) is 13.1. The summed E-state index contributed by atoms with van der Waals surface area (Å²) < 4.78 is 5.62. The number of imidazole rings is 1. The van der Waals surface area contributed by atoms with Crippen molar-refractivity contribution in [1.29, 1.82) is 0 Å². The molecular weight excluding hydrogens is 304 g/mol. The zero-order valence-electron chi connectivity index (χ0n) is 12.9. The summed E-state index contributed by atoms with van der Waals surface area (Å²) in [5.41, 5.74) is 4.37. The van der Waals surface area contributed by atoms with Crippen LogP contribution in [-0.2, 0) is 4.79 Å². The highest BCUT2D eigenvalue weighted by Gasteiger charge is 2.10. The summed E-state index contributed by atoms with van der Waals surface area (Å²) in [6.07, 6.45) is 2.30. The molecular formula is C18H14N4O2. The Balaban J connectivity index is 1.64. The number of fused-ring (bicyclic) bond motifs is 2. The number of carbonyl (C=O) groups excluding carboxylic acids is 1. The van der Waals surface area contributed by atoms with E-state index < -0.39 is 0 Å². The summed E-state index contributed by atoms with van der Waals surface area (Å²) in [4.78, 5) is 23.3. The first-order chi connectivity index (χ1) is 11.7. The van der Waals surface area contributed by atoms with Crippen LogP contribution in [0.3, 0.4) is 0 Å². The molecule has 4 aromatic rings. The molecule has 2 aromatic carbocycles. The second-order valence-corrected chi connectivity index (χ2v) is 5.40. The van der Waals surface area contributed by atoms with E-state index in [9.17, 15) is 4.79 Å². The van der Waals surface area contributed by atoms with E-state index in [0.717, 1.165) is 34.3 Å². The van der Waals surface area contributed by atoms with Gasteiger partial charge in [0.15, 0.2) is 11.9 Å². The Morgan fingerprint density at radius 2 is 2.04 bits per heavy atom. The van der Waals surface area contributed by atoms with E-state index in [-0.39, 0.29) is 5.89 Å². The van der Waals surface area contributed by atoms with Crippen LogP contribution in [0.4, 0.5) is 5.69 Å². The van der Waals surface area contributed by atoms with Gasteiger partial charge in [0.1, 0.15) is 11.3 Å². The largest absolute Gasteiger partial charge is 0.436 e. The molecule has 0 saturated heterocycles. The molecule has 0 unspecified atom stereocenters.